The molecule has 118 valence electrons. The molecule has 1 amide bonds. The van der Waals surface area contributed by atoms with Gasteiger partial charge in [0.2, 0.25) is 11.8 Å². The molecule has 0 saturated carbocycles. The molecule has 0 aromatic carbocycles. The first kappa shape index (κ1) is 16.2. The molecule has 2 rings (SSSR count). The van der Waals surface area contributed by atoms with Gasteiger partial charge in [0.25, 0.3) is 0 Å². The third-order valence-electron chi connectivity index (χ3n) is 2.97. The van der Waals surface area contributed by atoms with E-state index in [2.05, 4.69) is 10.3 Å². The molecule has 0 aliphatic heterocycles. The number of thiophene rings is 1. The molecule has 0 fully saturated rings. The molecule has 22 heavy (non-hydrogen) atoms. The van der Waals surface area contributed by atoms with Gasteiger partial charge >= 0.3 is 5.97 Å². The van der Waals surface area contributed by atoms with E-state index in [1.54, 1.807) is 0 Å². The van der Waals surface area contributed by atoms with Crippen LogP contribution in [0.25, 0.3) is 10.8 Å². The summed E-state index contributed by atoms with van der Waals surface area (Å²) in [7, 11) is 0. The van der Waals surface area contributed by atoms with Crippen LogP contribution in [0, 0.1) is 5.92 Å². The predicted molar refractivity (Wildman–Crippen MR) is 82.5 cm³/mol. The van der Waals surface area contributed by atoms with Crippen molar-refractivity contribution in [2.45, 2.75) is 32.7 Å². The zero-order valence-corrected chi connectivity index (χ0v) is 13.2. The Labute approximate surface area is 132 Å². The number of rotatable bonds is 7. The van der Waals surface area contributed by atoms with Crippen molar-refractivity contribution >= 4 is 23.2 Å². The Hall–Kier alpha value is -2.15. The first-order chi connectivity index (χ1) is 10.5. The van der Waals surface area contributed by atoms with Crippen LogP contribution in [0.5, 0.6) is 0 Å². The highest BCUT2D eigenvalue weighted by molar-refractivity contribution is 7.13. The number of amides is 1. The van der Waals surface area contributed by atoms with Gasteiger partial charge in [-0.3, -0.25) is 4.79 Å². The minimum absolute atomic E-state index is 0.00322. The number of nitrogens with zero attached hydrogens (tertiary/aromatic N) is 1. The molecule has 0 unspecified atom stereocenters. The summed E-state index contributed by atoms with van der Waals surface area (Å²) in [5, 5.41) is 13.6. The molecule has 2 aromatic heterocycles. The van der Waals surface area contributed by atoms with Crippen LogP contribution in [0.15, 0.2) is 28.2 Å². The van der Waals surface area contributed by atoms with Gasteiger partial charge in [0.1, 0.15) is 12.3 Å². The van der Waals surface area contributed by atoms with Crippen LogP contribution in [-0.4, -0.2) is 28.0 Å². The van der Waals surface area contributed by atoms with Crippen LogP contribution in [-0.2, 0) is 16.0 Å². The number of carbonyl (C=O) groups excluding carboxylic acids is 1. The van der Waals surface area contributed by atoms with Crippen molar-refractivity contribution in [1.82, 2.24) is 10.3 Å². The Morgan fingerprint density at radius 2 is 2.23 bits per heavy atom. The first-order valence-electron chi connectivity index (χ1n) is 6.96. The highest BCUT2D eigenvalue weighted by Crippen LogP contribution is 2.23. The Balaban J connectivity index is 1.95. The number of hydrogen-bond acceptors (Lipinski definition) is 5. The van der Waals surface area contributed by atoms with Gasteiger partial charge in [-0.1, -0.05) is 19.9 Å². The molecule has 0 spiro atoms. The Morgan fingerprint density at radius 3 is 2.82 bits per heavy atom. The highest BCUT2D eigenvalue weighted by Gasteiger charge is 2.21. The molecular formula is C15H18N2O4S. The maximum absolute atomic E-state index is 12.0. The molecule has 7 heteroatoms. The number of aliphatic carboxylic acids is 1. The molecule has 0 aliphatic rings. The molecular weight excluding hydrogens is 304 g/mol. The van der Waals surface area contributed by atoms with Crippen molar-refractivity contribution in [2.75, 3.05) is 0 Å². The van der Waals surface area contributed by atoms with E-state index >= 15 is 0 Å². The van der Waals surface area contributed by atoms with Crippen molar-refractivity contribution in [3.63, 3.8) is 0 Å². The Kier molecular flexibility index (Phi) is 5.32. The van der Waals surface area contributed by atoms with Gasteiger partial charge in [-0.25, -0.2) is 9.78 Å². The monoisotopic (exact) mass is 322 g/mol. The summed E-state index contributed by atoms with van der Waals surface area (Å²) in [6.07, 6.45) is 1.81. The fourth-order valence-corrected chi connectivity index (χ4v) is 2.66. The molecule has 2 aromatic rings. The molecule has 0 radical (unpaired) electrons. The second-order valence-corrected chi connectivity index (χ2v) is 6.33. The average Bonchev–Trinajstić information content (AvgIpc) is 3.07. The smallest absolute Gasteiger partial charge is 0.326 e. The number of carboxylic acid groups (broad SMARTS) is 1. The van der Waals surface area contributed by atoms with E-state index in [1.807, 2.05) is 31.4 Å². The summed E-state index contributed by atoms with van der Waals surface area (Å²) in [4.78, 5) is 28.2. The van der Waals surface area contributed by atoms with Crippen molar-refractivity contribution < 1.29 is 19.1 Å². The van der Waals surface area contributed by atoms with E-state index in [4.69, 9.17) is 9.52 Å². The lowest BCUT2D eigenvalue weighted by atomic mass is 10.0. The SMILES string of the molecule is CC(C)C[C@H](NC(=O)Cc1coc(-c2cccs2)n1)C(=O)O. The van der Waals surface area contributed by atoms with E-state index in [-0.39, 0.29) is 18.2 Å². The topological polar surface area (TPSA) is 92.4 Å². The van der Waals surface area contributed by atoms with Gasteiger partial charge in [-0.2, -0.15) is 0 Å². The van der Waals surface area contributed by atoms with Gasteiger partial charge in [0.15, 0.2) is 0 Å². The van der Waals surface area contributed by atoms with E-state index in [9.17, 15) is 9.59 Å². The van der Waals surface area contributed by atoms with Crippen molar-refractivity contribution in [2.24, 2.45) is 5.92 Å². The van der Waals surface area contributed by atoms with E-state index in [0.29, 0.717) is 18.0 Å². The summed E-state index contributed by atoms with van der Waals surface area (Å²) < 4.78 is 5.33. The van der Waals surface area contributed by atoms with Crippen LogP contribution in [0.1, 0.15) is 26.0 Å². The van der Waals surface area contributed by atoms with E-state index in [0.717, 1.165) is 4.88 Å². The summed E-state index contributed by atoms with van der Waals surface area (Å²) in [5.41, 5.74) is 0.481. The number of oxazole rings is 1. The van der Waals surface area contributed by atoms with Gasteiger partial charge in [-0.15, -0.1) is 11.3 Å². The lowest BCUT2D eigenvalue weighted by Crippen LogP contribution is -2.42. The zero-order valence-electron chi connectivity index (χ0n) is 12.4. The fourth-order valence-electron chi connectivity index (χ4n) is 2.00. The third-order valence-corrected chi connectivity index (χ3v) is 3.82. The van der Waals surface area contributed by atoms with Crippen LogP contribution in [0.3, 0.4) is 0 Å². The summed E-state index contributed by atoms with van der Waals surface area (Å²) >= 11 is 1.50. The molecule has 6 nitrogen and oxygen atoms in total. The maximum Gasteiger partial charge on any atom is 0.326 e. The summed E-state index contributed by atoms with van der Waals surface area (Å²) in [5.74, 6) is -0.755. The van der Waals surface area contributed by atoms with Gasteiger partial charge in [0, 0.05) is 0 Å². The minimum Gasteiger partial charge on any atom is -0.480 e. The van der Waals surface area contributed by atoms with Crippen LogP contribution >= 0.6 is 11.3 Å². The van der Waals surface area contributed by atoms with Crippen LogP contribution in [0.4, 0.5) is 0 Å². The van der Waals surface area contributed by atoms with E-state index in [1.165, 1.54) is 17.6 Å². The van der Waals surface area contributed by atoms with Gasteiger partial charge in [-0.05, 0) is 23.8 Å². The first-order valence-corrected chi connectivity index (χ1v) is 7.84. The van der Waals surface area contributed by atoms with Crippen molar-refractivity contribution in [3.05, 3.63) is 29.5 Å². The second-order valence-electron chi connectivity index (χ2n) is 5.39. The van der Waals surface area contributed by atoms with Crippen molar-refractivity contribution in [1.29, 1.82) is 0 Å². The molecule has 0 bridgehead atoms. The second kappa shape index (κ2) is 7.22. The number of nitrogens with one attached hydrogen (secondary N) is 1. The largest absolute Gasteiger partial charge is 0.480 e. The summed E-state index contributed by atoms with van der Waals surface area (Å²) in [6, 6.07) is 2.89. The quantitative estimate of drug-likeness (QED) is 0.817. The molecule has 0 aliphatic carbocycles. The van der Waals surface area contributed by atoms with Gasteiger partial charge < -0.3 is 14.8 Å². The average molecular weight is 322 g/mol. The highest BCUT2D eigenvalue weighted by atomic mass is 32.1. The standard InChI is InChI=1S/C15H18N2O4S/c1-9(2)6-11(15(19)20)17-13(18)7-10-8-21-14(16-10)12-4-3-5-22-12/h3-5,8-9,11H,6-7H2,1-2H3,(H,17,18)(H,19,20)/t11-/m0/s1. The fraction of sp³-hybridized carbons (Fsp3) is 0.400. The zero-order chi connectivity index (χ0) is 16.1. The molecule has 0 saturated heterocycles. The summed E-state index contributed by atoms with van der Waals surface area (Å²) in [6.45, 7) is 3.82. The lowest BCUT2D eigenvalue weighted by molar-refractivity contribution is -0.142. The Morgan fingerprint density at radius 1 is 1.45 bits per heavy atom. The number of hydrogen-bond donors (Lipinski definition) is 2. The minimum atomic E-state index is -1.03. The third kappa shape index (κ3) is 4.42. The normalized spacial score (nSPS) is 12.3. The number of carbonyl (C=O) groups is 2. The number of carboxylic acids is 1. The van der Waals surface area contributed by atoms with Gasteiger partial charge in [0.05, 0.1) is 17.0 Å². The lowest BCUT2D eigenvalue weighted by Gasteiger charge is -2.15. The van der Waals surface area contributed by atoms with Crippen molar-refractivity contribution in [3.8, 4) is 10.8 Å². The Bertz CT molecular complexity index is 634. The van der Waals surface area contributed by atoms with Crippen LogP contribution in [0.2, 0.25) is 0 Å². The van der Waals surface area contributed by atoms with Crippen LogP contribution < -0.4 is 5.32 Å². The predicted octanol–water partition coefficient (Wildman–Crippen LogP) is 2.56. The van der Waals surface area contributed by atoms with E-state index < -0.39 is 12.0 Å². The molecule has 2 heterocycles. The number of aromatic nitrogens is 1. The maximum atomic E-state index is 12.0. The molecule has 2 N–H and O–H groups in total. The molecule has 1 atom stereocenters.